The third-order valence-corrected chi connectivity index (χ3v) is 1.08. The first-order chi connectivity index (χ1) is 8.41. The van der Waals surface area contributed by atoms with Crippen molar-refractivity contribution in [3.8, 4) is 0 Å². The molecule has 0 saturated heterocycles. The normalized spacial score (nSPS) is 9.58. The van der Waals surface area contributed by atoms with Crippen molar-refractivity contribution in [3.63, 3.8) is 0 Å². The van der Waals surface area contributed by atoms with Gasteiger partial charge < -0.3 is 32.5 Å². The lowest BCUT2D eigenvalue weighted by molar-refractivity contribution is -0.144. The van der Waals surface area contributed by atoms with Crippen LogP contribution in [0, 0.1) is 0 Å². The number of amides is 2. The van der Waals surface area contributed by atoms with Crippen LogP contribution in [0.1, 0.15) is 13.3 Å². The van der Waals surface area contributed by atoms with Gasteiger partial charge in [0.15, 0.2) is 0 Å². The zero-order valence-electron chi connectivity index (χ0n) is 10.2. The van der Waals surface area contributed by atoms with E-state index in [1.807, 2.05) is 0 Å². The van der Waals surface area contributed by atoms with Gasteiger partial charge in [0.05, 0.1) is 6.42 Å². The van der Waals surface area contributed by atoms with Gasteiger partial charge in [0.25, 0.3) is 0 Å². The number of carbonyl (C=O) groups is 4. The molecule has 0 aliphatic rings. The summed E-state index contributed by atoms with van der Waals surface area (Å²) in [5, 5.41) is 23.9. The van der Waals surface area contributed by atoms with Gasteiger partial charge in [0.2, 0.25) is 0 Å². The van der Waals surface area contributed by atoms with Gasteiger partial charge in [-0.1, -0.05) is 6.58 Å². The second-order valence-electron chi connectivity index (χ2n) is 3.03. The van der Waals surface area contributed by atoms with E-state index in [2.05, 4.69) is 18.0 Å². The Morgan fingerprint density at radius 1 is 1.11 bits per heavy atom. The van der Waals surface area contributed by atoms with E-state index in [-0.39, 0.29) is 5.57 Å². The SMILES string of the molecule is C=C(C)C(=O)O.NC(N)=O.N[C@@H](CC(=O)O)C(=O)O. The topological polar surface area (TPSA) is 207 Å². The first-order valence-electron chi connectivity index (χ1n) is 4.55. The van der Waals surface area contributed by atoms with Gasteiger partial charge in [-0.05, 0) is 6.92 Å². The van der Waals surface area contributed by atoms with Crippen LogP contribution in [0.4, 0.5) is 4.79 Å². The van der Waals surface area contributed by atoms with Crippen molar-refractivity contribution < 1.29 is 34.5 Å². The Morgan fingerprint density at radius 2 is 1.37 bits per heavy atom. The van der Waals surface area contributed by atoms with Gasteiger partial charge in [0, 0.05) is 5.57 Å². The molecule has 1 atom stereocenters. The second-order valence-corrected chi connectivity index (χ2v) is 3.03. The summed E-state index contributed by atoms with van der Waals surface area (Å²) in [5.74, 6) is -3.43. The van der Waals surface area contributed by atoms with E-state index in [1.165, 1.54) is 6.92 Å². The Balaban J connectivity index is -0.000000222. The van der Waals surface area contributed by atoms with Crippen molar-refractivity contribution in [3.05, 3.63) is 12.2 Å². The maximum atomic E-state index is 9.85. The molecule has 0 saturated carbocycles. The first kappa shape index (κ1) is 21.6. The van der Waals surface area contributed by atoms with E-state index in [9.17, 15) is 14.4 Å². The summed E-state index contributed by atoms with van der Waals surface area (Å²) in [6.07, 6.45) is -0.532. The smallest absolute Gasteiger partial charge is 0.330 e. The van der Waals surface area contributed by atoms with E-state index < -0.39 is 36.4 Å². The van der Waals surface area contributed by atoms with E-state index in [1.54, 1.807) is 0 Å². The summed E-state index contributed by atoms with van der Waals surface area (Å²) in [6, 6.07) is -2.12. The molecule has 110 valence electrons. The predicted molar refractivity (Wildman–Crippen MR) is 64.1 cm³/mol. The van der Waals surface area contributed by atoms with E-state index in [4.69, 9.17) is 25.8 Å². The summed E-state index contributed by atoms with van der Waals surface area (Å²) in [6.45, 7) is 4.60. The van der Waals surface area contributed by atoms with Crippen molar-refractivity contribution in [1.82, 2.24) is 0 Å². The molecule has 0 aromatic carbocycles. The van der Waals surface area contributed by atoms with Crippen molar-refractivity contribution in [2.24, 2.45) is 17.2 Å². The fourth-order valence-corrected chi connectivity index (χ4v) is 0.275. The van der Waals surface area contributed by atoms with Crippen molar-refractivity contribution in [2.75, 3.05) is 0 Å². The third-order valence-electron chi connectivity index (χ3n) is 1.08. The minimum absolute atomic E-state index is 0.176. The zero-order valence-corrected chi connectivity index (χ0v) is 10.2. The lowest BCUT2D eigenvalue weighted by Gasteiger charge is -1.99. The molecule has 10 heteroatoms. The maximum Gasteiger partial charge on any atom is 0.330 e. The summed E-state index contributed by atoms with van der Waals surface area (Å²) in [5.41, 5.74) is 13.5. The second kappa shape index (κ2) is 11.9. The maximum absolute atomic E-state index is 9.85. The molecule has 0 aliphatic carbocycles. The summed E-state index contributed by atoms with van der Waals surface area (Å²) >= 11 is 0. The fourth-order valence-electron chi connectivity index (χ4n) is 0.275. The minimum atomic E-state index is -1.29. The van der Waals surface area contributed by atoms with Gasteiger partial charge >= 0.3 is 23.9 Å². The molecule has 10 nitrogen and oxygen atoms in total. The highest BCUT2D eigenvalue weighted by molar-refractivity contribution is 5.84. The van der Waals surface area contributed by atoms with Gasteiger partial charge in [-0.25, -0.2) is 9.59 Å². The van der Waals surface area contributed by atoms with E-state index in [0.29, 0.717) is 0 Å². The number of urea groups is 1. The minimum Gasteiger partial charge on any atom is -0.481 e. The number of hydrogen-bond acceptors (Lipinski definition) is 5. The molecule has 0 fully saturated rings. The Kier molecular flexibility index (Phi) is 13.5. The predicted octanol–water partition coefficient (Wildman–Crippen LogP) is -1.46. The van der Waals surface area contributed by atoms with Crippen LogP contribution in [0.3, 0.4) is 0 Å². The number of carboxylic acids is 3. The van der Waals surface area contributed by atoms with Crippen LogP contribution >= 0.6 is 0 Å². The monoisotopic (exact) mass is 279 g/mol. The highest BCUT2D eigenvalue weighted by Gasteiger charge is 2.14. The molecular weight excluding hydrogens is 262 g/mol. The highest BCUT2D eigenvalue weighted by Crippen LogP contribution is 1.86. The molecule has 0 aromatic rings. The Bertz CT molecular complexity index is 338. The van der Waals surface area contributed by atoms with Gasteiger partial charge in [-0.2, -0.15) is 0 Å². The average molecular weight is 279 g/mol. The zero-order chi connectivity index (χ0) is 16.2. The van der Waals surface area contributed by atoms with E-state index in [0.717, 1.165) is 0 Å². The van der Waals surface area contributed by atoms with Crippen molar-refractivity contribution >= 4 is 23.9 Å². The van der Waals surface area contributed by atoms with Crippen LogP contribution in [-0.2, 0) is 14.4 Å². The average Bonchev–Trinajstić information content (AvgIpc) is 2.15. The van der Waals surface area contributed by atoms with Gasteiger partial charge in [0.1, 0.15) is 6.04 Å². The van der Waals surface area contributed by atoms with Crippen LogP contribution in [0.15, 0.2) is 12.2 Å². The van der Waals surface area contributed by atoms with Crippen LogP contribution in [-0.4, -0.2) is 45.3 Å². The quantitative estimate of drug-likeness (QED) is 0.334. The molecule has 0 heterocycles. The third kappa shape index (κ3) is 31.3. The number of primary amides is 2. The number of nitrogens with two attached hydrogens (primary N) is 3. The highest BCUT2D eigenvalue weighted by atomic mass is 16.4. The molecule has 0 bridgehead atoms. The molecule has 0 aromatic heterocycles. The molecule has 2 amide bonds. The summed E-state index contributed by atoms with van der Waals surface area (Å²) in [4.78, 5) is 38.2. The van der Waals surface area contributed by atoms with Crippen molar-refractivity contribution in [1.29, 1.82) is 0 Å². The van der Waals surface area contributed by atoms with Gasteiger partial charge in [-0.3, -0.25) is 9.59 Å². The van der Waals surface area contributed by atoms with E-state index >= 15 is 0 Å². The summed E-state index contributed by atoms with van der Waals surface area (Å²) in [7, 11) is 0. The molecule has 0 radical (unpaired) electrons. The molecule has 0 unspecified atom stereocenters. The lowest BCUT2D eigenvalue weighted by Crippen LogP contribution is -2.32. The fraction of sp³-hybridized carbons (Fsp3) is 0.333. The molecule has 0 aliphatic heterocycles. The van der Waals surface area contributed by atoms with Crippen LogP contribution < -0.4 is 17.2 Å². The molecule has 9 N–H and O–H groups in total. The number of rotatable bonds is 4. The largest absolute Gasteiger partial charge is 0.481 e. The van der Waals surface area contributed by atoms with Gasteiger partial charge in [-0.15, -0.1) is 0 Å². The van der Waals surface area contributed by atoms with Crippen LogP contribution in [0.5, 0.6) is 0 Å². The molecule has 19 heavy (non-hydrogen) atoms. The summed E-state index contributed by atoms with van der Waals surface area (Å²) < 4.78 is 0. The Labute approximate surface area is 108 Å². The van der Waals surface area contributed by atoms with Crippen LogP contribution in [0.25, 0.3) is 0 Å². The van der Waals surface area contributed by atoms with Crippen molar-refractivity contribution in [2.45, 2.75) is 19.4 Å². The lowest BCUT2D eigenvalue weighted by atomic mass is 10.2. The number of hydrogen-bond donors (Lipinski definition) is 6. The number of aliphatic carboxylic acids is 3. The molecular formula is C9H17N3O7. The Hall–Kier alpha value is -2.62. The number of carboxylic acid groups (broad SMARTS) is 3. The standard InChI is InChI=1S/C4H7NO4.C4H6O2.CH4N2O/c5-2(4(8)9)1-3(6)7;1-3(2)4(5)6;2-1(3)4/h2H,1,5H2,(H,6,7)(H,8,9);1H2,2H3,(H,5,6);(H4,2,3,4)/t2-;;/m0../s1. The first-order valence-corrected chi connectivity index (χ1v) is 4.55. The Morgan fingerprint density at radius 3 is 1.42 bits per heavy atom. The molecule has 0 spiro atoms. The number of carbonyl (C=O) groups excluding carboxylic acids is 1. The van der Waals surface area contributed by atoms with Crippen LogP contribution in [0.2, 0.25) is 0 Å². The molecule has 0 rings (SSSR count).